The Bertz CT molecular complexity index is 871. The van der Waals surface area contributed by atoms with Crippen LogP contribution in [0.1, 0.15) is 15.9 Å². The van der Waals surface area contributed by atoms with Gasteiger partial charge >= 0.3 is 0 Å². The van der Waals surface area contributed by atoms with Crippen LogP contribution in [0.4, 0.5) is 0 Å². The SMILES string of the molecule is O=C(c1ccc(-c2ccccc2)cc1)N1CC[NH+](Cc2ccncc2)CC1. The predicted molar refractivity (Wildman–Crippen MR) is 106 cm³/mol. The van der Waals surface area contributed by atoms with Gasteiger partial charge in [-0.15, -0.1) is 0 Å². The number of hydrogen-bond donors (Lipinski definition) is 1. The molecule has 3 aromatic rings. The zero-order valence-electron chi connectivity index (χ0n) is 15.3. The van der Waals surface area contributed by atoms with E-state index in [1.807, 2.05) is 59.8 Å². The molecule has 1 amide bonds. The van der Waals surface area contributed by atoms with E-state index in [9.17, 15) is 4.79 Å². The number of pyridine rings is 1. The van der Waals surface area contributed by atoms with Crippen LogP contribution in [0.2, 0.25) is 0 Å². The minimum Gasteiger partial charge on any atom is -0.328 e. The maximum absolute atomic E-state index is 12.8. The Hall–Kier alpha value is -2.98. The molecule has 0 unspecified atom stereocenters. The van der Waals surface area contributed by atoms with Crippen LogP contribution in [0.25, 0.3) is 11.1 Å². The van der Waals surface area contributed by atoms with Crippen molar-refractivity contribution in [2.75, 3.05) is 26.2 Å². The first-order chi connectivity index (χ1) is 13.3. The molecule has 0 saturated carbocycles. The molecule has 0 atom stereocenters. The molecule has 1 aliphatic heterocycles. The quantitative estimate of drug-likeness (QED) is 0.777. The molecular formula is C23H24N3O+. The first-order valence-electron chi connectivity index (χ1n) is 9.47. The van der Waals surface area contributed by atoms with Crippen molar-refractivity contribution in [3.05, 3.63) is 90.3 Å². The summed E-state index contributed by atoms with van der Waals surface area (Å²) in [7, 11) is 0. The first kappa shape index (κ1) is 17.4. The fourth-order valence-electron chi connectivity index (χ4n) is 3.61. The minimum atomic E-state index is 0.137. The van der Waals surface area contributed by atoms with Crippen LogP contribution >= 0.6 is 0 Å². The lowest BCUT2D eigenvalue weighted by Gasteiger charge is -2.32. The molecular weight excluding hydrogens is 334 g/mol. The van der Waals surface area contributed by atoms with Crippen molar-refractivity contribution in [1.29, 1.82) is 0 Å². The fourth-order valence-corrected chi connectivity index (χ4v) is 3.61. The van der Waals surface area contributed by atoms with Crippen molar-refractivity contribution in [1.82, 2.24) is 9.88 Å². The highest BCUT2D eigenvalue weighted by Crippen LogP contribution is 2.19. The van der Waals surface area contributed by atoms with Crippen LogP contribution in [-0.2, 0) is 6.54 Å². The van der Waals surface area contributed by atoms with Gasteiger partial charge in [-0.1, -0.05) is 42.5 Å². The molecule has 4 rings (SSSR count). The lowest BCUT2D eigenvalue weighted by Crippen LogP contribution is -3.13. The van der Waals surface area contributed by atoms with E-state index in [-0.39, 0.29) is 5.91 Å². The van der Waals surface area contributed by atoms with E-state index in [0.717, 1.165) is 43.9 Å². The van der Waals surface area contributed by atoms with Crippen LogP contribution in [-0.4, -0.2) is 42.0 Å². The summed E-state index contributed by atoms with van der Waals surface area (Å²) >= 11 is 0. The normalized spacial score (nSPS) is 14.9. The molecule has 1 aliphatic rings. The maximum atomic E-state index is 12.8. The Morgan fingerprint density at radius 1 is 0.852 bits per heavy atom. The molecule has 1 N–H and O–H groups in total. The number of benzene rings is 2. The molecule has 0 radical (unpaired) electrons. The Morgan fingerprint density at radius 3 is 2.15 bits per heavy atom. The van der Waals surface area contributed by atoms with Crippen molar-refractivity contribution in [2.45, 2.75) is 6.54 Å². The van der Waals surface area contributed by atoms with Crippen molar-refractivity contribution in [3.8, 4) is 11.1 Å². The molecule has 2 aromatic carbocycles. The molecule has 136 valence electrons. The summed E-state index contributed by atoms with van der Waals surface area (Å²) in [5.74, 6) is 0.137. The minimum absolute atomic E-state index is 0.137. The van der Waals surface area contributed by atoms with Crippen LogP contribution in [0, 0.1) is 0 Å². The zero-order chi connectivity index (χ0) is 18.5. The van der Waals surface area contributed by atoms with Crippen LogP contribution < -0.4 is 4.90 Å². The first-order valence-corrected chi connectivity index (χ1v) is 9.47. The monoisotopic (exact) mass is 358 g/mol. The molecule has 1 fully saturated rings. The van der Waals surface area contributed by atoms with E-state index in [2.05, 4.69) is 29.2 Å². The lowest BCUT2D eigenvalue weighted by atomic mass is 10.0. The number of rotatable bonds is 4. The molecule has 27 heavy (non-hydrogen) atoms. The van der Waals surface area contributed by atoms with Crippen molar-refractivity contribution in [2.24, 2.45) is 0 Å². The second kappa shape index (κ2) is 8.14. The van der Waals surface area contributed by atoms with Crippen LogP contribution in [0.3, 0.4) is 0 Å². The van der Waals surface area contributed by atoms with Gasteiger partial charge in [0.2, 0.25) is 0 Å². The van der Waals surface area contributed by atoms with Gasteiger partial charge in [-0.3, -0.25) is 9.78 Å². The Kier molecular flexibility index (Phi) is 5.26. The maximum Gasteiger partial charge on any atom is 0.254 e. The number of nitrogens with one attached hydrogen (secondary N) is 1. The number of carbonyl (C=O) groups excluding carboxylic acids is 1. The van der Waals surface area contributed by atoms with Gasteiger partial charge in [0.15, 0.2) is 0 Å². The highest BCUT2D eigenvalue weighted by molar-refractivity contribution is 5.94. The molecule has 1 aromatic heterocycles. The van der Waals surface area contributed by atoms with Gasteiger partial charge in [0.05, 0.1) is 26.2 Å². The van der Waals surface area contributed by atoms with Crippen molar-refractivity contribution in [3.63, 3.8) is 0 Å². The van der Waals surface area contributed by atoms with Crippen molar-refractivity contribution >= 4 is 5.91 Å². The van der Waals surface area contributed by atoms with Gasteiger partial charge in [-0.25, -0.2) is 0 Å². The van der Waals surface area contributed by atoms with E-state index in [1.165, 1.54) is 16.0 Å². The standard InChI is InChI=1S/C23H23N3O/c27-23(22-8-6-21(7-9-22)20-4-2-1-3-5-20)26-16-14-25(15-17-26)18-19-10-12-24-13-11-19/h1-13H,14-18H2/p+1. The molecule has 1 saturated heterocycles. The summed E-state index contributed by atoms with van der Waals surface area (Å²) in [6.07, 6.45) is 3.68. The van der Waals surface area contributed by atoms with Gasteiger partial charge < -0.3 is 9.80 Å². The topological polar surface area (TPSA) is 37.6 Å². The summed E-state index contributed by atoms with van der Waals surface area (Å²) in [6, 6.07) is 22.3. The number of hydrogen-bond acceptors (Lipinski definition) is 2. The number of piperazine rings is 1. The summed E-state index contributed by atoms with van der Waals surface area (Å²) in [5.41, 5.74) is 4.38. The number of carbonyl (C=O) groups is 1. The predicted octanol–water partition coefficient (Wildman–Crippen LogP) is 2.29. The van der Waals surface area contributed by atoms with Gasteiger partial charge in [0, 0.05) is 23.5 Å². The van der Waals surface area contributed by atoms with Crippen LogP contribution in [0.15, 0.2) is 79.1 Å². The second-order valence-electron chi connectivity index (χ2n) is 7.02. The van der Waals surface area contributed by atoms with Gasteiger partial charge in [0.1, 0.15) is 6.54 Å². The third-order valence-electron chi connectivity index (χ3n) is 5.20. The lowest BCUT2D eigenvalue weighted by molar-refractivity contribution is -0.917. The molecule has 4 heteroatoms. The van der Waals surface area contributed by atoms with Gasteiger partial charge in [-0.05, 0) is 35.4 Å². The largest absolute Gasteiger partial charge is 0.328 e. The third kappa shape index (κ3) is 4.23. The van der Waals surface area contributed by atoms with Gasteiger partial charge in [0.25, 0.3) is 5.91 Å². The van der Waals surface area contributed by atoms with E-state index in [1.54, 1.807) is 0 Å². The highest BCUT2D eigenvalue weighted by atomic mass is 16.2. The van der Waals surface area contributed by atoms with E-state index in [0.29, 0.717) is 0 Å². The number of aromatic nitrogens is 1. The summed E-state index contributed by atoms with van der Waals surface area (Å²) in [5, 5.41) is 0. The number of quaternary nitrogens is 1. The summed E-state index contributed by atoms with van der Waals surface area (Å²) < 4.78 is 0. The molecule has 4 nitrogen and oxygen atoms in total. The summed E-state index contributed by atoms with van der Waals surface area (Å²) in [6.45, 7) is 4.57. The molecule has 0 spiro atoms. The Morgan fingerprint density at radius 2 is 1.48 bits per heavy atom. The Labute approximate surface area is 160 Å². The Balaban J connectivity index is 1.35. The van der Waals surface area contributed by atoms with Crippen LogP contribution in [0.5, 0.6) is 0 Å². The fraction of sp³-hybridized carbons (Fsp3) is 0.217. The van der Waals surface area contributed by atoms with Crippen molar-refractivity contribution < 1.29 is 9.69 Å². The third-order valence-corrected chi connectivity index (χ3v) is 5.20. The van der Waals surface area contributed by atoms with E-state index >= 15 is 0 Å². The molecule has 0 bridgehead atoms. The highest BCUT2D eigenvalue weighted by Gasteiger charge is 2.24. The number of nitrogens with zero attached hydrogens (tertiary/aromatic N) is 2. The average Bonchev–Trinajstić information content (AvgIpc) is 2.75. The zero-order valence-corrected chi connectivity index (χ0v) is 15.3. The smallest absolute Gasteiger partial charge is 0.254 e. The second-order valence-corrected chi connectivity index (χ2v) is 7.02. The average molecular weight is 358 g/mol. The van der Waals surface area contributed by atoms with E-state index < -0.39 is 0 Å². The number of amides is 1. The van der Waals surface area contributed by atoms with E-state index in [4.69, 9.17) is 0 Å². The summed E-state index contributed by atoms with van der Waals surface area (Å²) in [4.78, 5) is 20.4. The molecule has 2 heterocycles. The molecule has 0 aliphatic carbocycles. The van der Waals surface area contributed by atoms with Gasteiger partial charge in [-0.2, -0.15) is 0 Å².